The van der Waals surface area contributed by atoms with Crippen molar-refractivity contribution in [2.45, 2.75) is 42.7 Å². The van der Waals surface area contributed by atoms with Gasteiger partial charge >= 0.3 is 0 Å². The van der Waals surface area contributed by atoms with Gasteiger partial charge in [-0.2, -0.15) is 0 Å². The maximum atomic E-state index is 9.98. The standard InChI is InChI=1S/C15H21NO6S/c17-8-10-12(18)13(19)14(20)15(22-10)23-11(16-21)7-6-9-4-2-1-3-5-9/h1-5,10,12-15,17-21H,6-8H2/b16-11+. The molecule has 0 amide bonds. The minimum Gasteiger partial charge on any atom is -0.410 e. The molecule has 1 aromatic carbocycles. The predicted octanol–water partition coefficient (Wildman–Crippen LogP) is -0.0600. The molecule has 1 aliphatic heterocycles. The number of thioether (sulfide) groups is 1. The highest BCUT2D eigenvalue weighted by molar-refractivity contribution is 8.14. The van der Waals surface area contributed by atoms with Crippen LogP contribution in [-0.4, -0.2) is 67.1 Å². The zero-order chi connectivity index (χ0) is 16.8. The minimum atomic E-state index is -1.44. The first-order chi connectivity index (χ1) is 11.1. The summed E-state index contributed by atoms with van der Waals surface area (Å²) >= 11 is 0.963. The lowest BCUT2D eigenvalue weighted by molar-refractivity contribution is -0.205. The van der Waals surface area contributed by atoms with Gasteiger partial charge in [-0.3, -0.25) is 0 Å². The van der Waals surface area contributed by atoms with Crippen LogP contribution in [0.1, 0.15) is 12.0 Å². The van der Waals surface area contributed by atoms with Crippen molar-refractivity contribution in [2.24, 2.45) is 5.16 Å². The van der Waals surface area contributed by atoms with Crippen LogP contribution < -0.4 is 0 Å². The summed E-state index contributed by atoms with van der Waals surface area (Å²) in [5.41, 5.74) is 0.135. The molecular formula is C15H21NO6S. The third-order valence-electron chi connectivity index (χ3n) is 3.68. The third kappa shape index (κ3) is 4.66. The van der Waals surface area contributed by atoms with Crippen molar-refractivity contribution < 1.29 is 30.4 Å². The second-order valence-electron chi connectivity index (χ2n) is 5.29. The Balaban J connectivity index is 1.95. The Labute approximate surface area is 138 Å². The molecule has 5 N–H and O–H groups in total. The normalized spacial score (nSPS) is 32.0. The highest BCUT2D eigenvalue weighted by Crippen LogP contribution is 2.30. The maximum absolute atomic E-state index is 9.98. The second kappa shape index (κ2) is 8.62. The van der Waals surface area contributed by atoms with E-state index in [9.17, 15) is 15.3 Å². The molecule has 23 heavy (non-hydrogen) atoms. The van der Waals surface area contributed by atoms with Crippen molar-refractivity contribution in [3.63, 3.8) is 0 Å². The van der Waals surface area contributed by atoms with E-state index in [1.165, 1.54) is 0 Å². The van der Waals surface area contributed by atoms with Gasteiger partial charge in [0.15, 0.2) is 0 Å². The summed E-state index contributed by atoms with van der Waals surface area (Å²) in [7, 11) is 0. The number of benzene rings is 1. The Morgan fingerprint density at radius 3 is 2.39 bits per heavy atom. The SMILES string of the molecule is OCC1OC(S/C(CCc2ccccc2)=N/O)C(O)C(O)C1O. The number of aryl methyl sites for hydroxylation is 1. The van der Waals surface area contributed by atoms with E-state index in [2.05, 4.69) is 5.16 Å². The average molecular weight is 343 g/mol. The smallest absolute Gasteiger partial charge is 0.138 e. The summed E-state index contributed by atoms with van der Waals surface area (Å²) < 4.78 is 5.38. The zero-order valence-corrected chi connectivity index (χ0v) is 13.2. The Bertz CT molecular complexity index is 512. The van der Waals surface area contributed by atoms with Gasteiger partial charge < -0.3 is 30.4 Å². The highest BCUT2D eigenvalue weighted by Gasteiger charge is 2.44. The van der Waals surface area contributed by atoms with Crippen LogP contribution >= 0.6 is 11.8 Å². The summed E-state index contributed by atoms with van der Waals surface area (Å²) in [5.74, 6) is 0. The number of ether oxygens (including phenoxy) is 1. The molecule has 128 valence electrons. The van der Waals surface area contributed by atoms with Crippen LogP contribution in [0.5, 0.6) is 0 Å². The summed E-state index contributed by atoms with van der Waals surface area (Å²) in [6, 6.07) is 9.64. The predicted molar refractivity (Wildman–Crippen MR) is 85.3 cm³/mol. The lowest BCUT2D eigenvalue weighted by atomic mass is 10.0. The fraction of sp³-hybridized carbons (Fsp3) is 0.533. The molecule has 0 aliphatic carbocycles. The van der Waals surface area contributed by atoms with E-state index >= 15 is 0 Å². The second-order valence-corrected chi connectivity index (χ2v) is 6.47. The van der Waals surface area contributed by atoms with Crippen molar-refractivity contribution in [3.05, 3.63) is 35.9 Å². The first kappa shape index (κ1) is 18.2. The van der Waals surface area contributed by atoms with Gasteiger partial charge in [0.25, 0.3) is 0 Å². The third-order valence-corrected chi connectivity index (χ3v) is 4.86. The zero-order valence-electron chi connectivity index (χ0n) is 12.4. The van der Waals surface area contributed by atoms with E-state index in [4.69, 9.17) is 15.1 Å². The molecule has 0 radical (unpaired) electrons. The molecule has 1 heterocycles. The lowest BCUT2D eigenvalue weighted by Gasteiger charge is -2.39. The van der Waals surface area contributed by atoms with E-state index in [1.807, 2.05) is 30.3 Å². The summed E-state index contributed by atoms with van der Waals surface area (Å²) in [5, 5.41) is 51.3. The average Bonchev–Trinajstić information content (AvgIpc) is 2.59. The van der Waals surface area contributed by atoms with Crippen LogP contribution in [0.2, 0.25) is 0 Å². The van der Waals surface area contributed by atoms with Crippen molar-refractivity contribution in [3.8, 4) is 0 Å². The van der Waals surface area contributed by atoms with Gasteiger partial charge in [0.05, 0.1) is 6.61 Å². The van der Waals surface area contributed by atoms with Crippen molar-refractivity contribution >= 4 is 16.8 Å². The van der Waals surface area contributed by atoms with Gasteiger partial charge in [0, 0.05) is 6.42 Å². The van der Waals surface area contributed by atoms with E-state index < -0.39 is 36.5 Å². The van der Waals surface area contributed by atoms with Gasteiger partial charge in [-0.25, -0.2) is 0 Å². The van der Waals surface area contributed by atoms with Crippen molar-refractivity contribution in [1.82, 2.24) is 0 Å². The molecule has 1 saturated heterocycles. The maximum Gasteiger partial charge on any atom is 0.138 e. The summed E-state index contributed by atoms with van der Waals surface area (Å²) in [6.45, 7) is -0.488. The Morgan fingerprint density at radius 1 is 1.09 bits per heavy atom. The molecule has 1 fully saturated rings. The Hall–Kier alpha value is -1.16. The number of hydrogen-bond acceptors (Lipinski definition) is 8. The van der Waals surface area contributed by atoms with Gasteiger partial charge in [-0.1, -0.05) is 47.2 Å². The topological polar surface area (TPSA) is 123 Å². The van der Waals surface area contributed by atoms with Crippen LogP contribution in [0.25, 0.3) is 0 Å². The molecular weight excluding hydrogens is 322 g/mol. The monoisotopic (exact) mass is 343 g/mol. The Morgan fingerprint density at radius 2 is 1.78 bits per heavy atom. The Kier molecular flexibility index (Phi) is 6.82. The number of hydrogen-bond donors (Lipinski definition) is 5. The molecule has 0 spiro atoms. The van der Waals surface area contributed by atoms with Gasteiger partial charge in [0.1, 0.15) is 34.9 Å². The fourth-order valence-corrected chi connectivity index (χ4v) is 3.36. The lowest BCUT2D eigenvalue weighted by Crippen LogP contribution is -2.57. The molecule has 7 nitrogen and oxygen atoms in total. The van der Waals surface area contributed by atoms with E-state index in [0.717, 1.165) is 17.3 Å². The first-order valence-electron chi connectivity index (χ1n) is 7.29. The number of oxime groups is 1. The van der Waals surface area contributed by atoms with Crippen LogP contribution in [0, 0.1) is 0 Å². The molecule has 2 rings (SSSR count). The van der Waals surface area contributed by atoms with Crippen molar-refractivity contribution in [2.75, 3.05) is 6.61 Å². The number of aliphatic hydroxyl groups excluding tert-OH is 4. The van der Waals surface area contributed by atoms with E-state index in [-0.39, 0.29) is 0 Å². The van der Waals surface area contributed by atoms with Crippen LogP contribution in [0.3, 0.4) is 0 Å². The van der Waals surface area contributed by atoms with Crippen LogP contribution in [0.4, 0.5) is 0 Å². The number of aliphatic hydroxyl groups is 4. The van der Waals surface area contributed by atoms with Gasteiger partial charge in [-0.05, 0) is 12.0 Å². The van der Waals surface area contributed by atoms with Crippen molar-refractivity contribution in [1.29, 1.82) is 0 Å². The molecule has 1 aromatic rings. The van der Waals surface area contributed by atoms with E-state index in [1.54, 1.807) is 0 Å². The molecule has 5 unspecified atom stereocenters. The minimum absolute atomic E-state index is 0.332. The van der Waals surface area contributed by atoms with Gasteiger partial charge in [-0.15, -0.1) is 0 Å². The largest absolute Gasteiger partial charge is 0.410 e. The summed E-state index contributed by atoms with van der Waals surface area (Å²) in [6.07, 6.45) is -4.09. The molecule has 8 heteroatoms. The van der Waals surface area contributed by atoms with Gasteiger partial charge in [0.2, 0.25) is 0 Å². The molecule has 1 aliphatic rings. The first-order valence-corrected chi connectivity index (χ1v) is 8.16. The quantitative estimate of drug-likeness (QED) is 0.220. The molecule has 5 atom stereocenters. The molecule has 0 aromatic heterocycles. The fourth-order valence-electron chi connectivity index (χ4n) is 2.33. The molecule has 0 saturated carbocycles. The van der Waals surface area contributed by atoms with Crippen LogP contribution in [0.15, 0.2) is 35.5 Å². The molecule has 0 bridgehead atoms. The van der Waals surface area contributed by atoms with E-state index in [0.29, 0.717) is 17.9 Å². The highest BCUT2D eigenvalue weighted by atomic mass is 32.2. The summed E-state index contributed by atoms with van der Waals surface area (Å²) in [4.78, 5) is 0. The van der Waals surface area contributed by atoms with Crippen LogP contribution in [-0.2, 0) is 11.2 Å². The number of nitrogens with zero attached hydrogens (tertiary/aromatic N) is 1. The number of rotatable bonds is 5.